The molecule has 6 rings (SSSR count). The van der Waals surface area contributed by atoms with E-state index in [4.69, 9.17) is 5.41 Å². The summed E-state index contributed by atoms with van der Waals surface area (Å²) in [6.45, 7) is 10.2. The molecular weight excluding hydrogens is 567 g/mol. The summed E-state index contributed by atoms with van der Waals surface area (Å²) in [5.74, 6) is 0. The van der Waals surface area contributed by atoms with Gasteiger partial charge in [-0.2, -0.15) is 0 Å². The monoisotopic (exact) mass is 603 g/mol. The lowest BCUT2D eigenvalue weighted by molar-refractivity contribution is 1.09. The molecule has 45 heavy (non-hydrogen) atoms. The molecule has 0 radical (unpaired) electrons. The zero-order chi connectivity index (χ0) is 31.3. The molecule has 2 heterocycles. The van der Waals surface area contributed by atoms with Gasteiger partial charge in [0.15, 0.2) is 0 Å². The molecule has 5 aromatic rings. The number of benzene rings is 3. The van der Waals surface area contributed by atoms with E-state index < -0.39 is 0 Å². The van der Waals surface area contributed by atoms with E-state index in [0.29, 0.717) is 11.4 Å². The molecule has 3 aromatic carbocycles. The third-order valence-electron chi connectivity index (χ3n) is 8.17. The molecule has 0 amide bonds. The van der Waals surface area contributed by atoms with E-state index in [9.17, 15) is 0 Å². The number of rotatable bonds is 9. The van der Waals surface area contributed by atoms with E-state index in [1.807, 2.05) is 31.2 Å². The summed E-state index contributed by atoms with van der Waals surface area (Å²) in [7, 11) is 0. The van der Waals surface area contributed by atoms with Crippen molar-refractivity contribution in [2.75, 3.05) is 0 Å². The van der Waals surface area contributed by atoms with Crippen LogP contribution in [0.2, 0.25) is 0 Å². The van der Waals surface area contributed by atoms with Gasteiger partial charge >= 0.3 is 0 Å². The van der Waals surface area contributed by atoms with Gasteiger partial charge in [0.05, 0.1) is 28.3 Å². The first kappa shape index (κ1) is 30.0. The van der Waals surface area contributed by atoms with Crippen molar-refractivity contribution in [3.8, 4) is 16.8 Å². The van der Waals surface area contributed by atoms with Gasteiger partial charge in [0, 0.05) is 26.8 Å². The zero-order valence-electron chi connectivity index (χ0n) is 26.0. The third-order valence-corrected chi connectivity index (χ3v) is 9.12. The number of fused-ring (bicyclic) bond motifs is 3. The highest BCUT2D eigenvalue weighted by atomic mass is 32.1. The van der Waals surface area contributed by atoms with Crippen molar-refractivity contribution >= 4 is 56.0 Å². The number of nitrogens with zero attached hydrogens (tertiary/aromatic N) is 2. The van der Waals surface area contributed by atoms with Crippen molar-refractivity contribution in [1.82, 2.24) is 4.57 Å². The fourth-order valence-electron chi connectivity index (χ4n) is 6.17. The van der Waals surface area contributed by atoms with Gasteiger partial charge in [0.2, 0.25) is 0 Å². The molecule has 222 valence electrons. The molecular formula is C41H37N3S. The molecule has 0 aliphatic heterocycles. The van der Waals surface area contributed by atoms with E-state index in [0.717, 1.165) is 40.9 Å². The molecule has 0 saturated heterocycles. The Morgan fingerprint density at radius 1 is 1.00 bits per heavy atom. The van der Waals surface area contributed by atoms with Crippen LogP contribution in [0.5, 0.6) is 0 Å². The molecule has 0 fully saturated rings. The predicted octanol–water partition coefficient (Wildman–Crippen LogP) is 11.8. The van der Waals surface area contributed by atoms with E-state index >= 15 is 0 Å². The maximum absolute atomic E-state index is 8.97. The molecule has 1 N–H and O–H groups in total. The second kappa shape index (κ2) is 13.3. The van der Waals surface area contributed by atoms with Gasteiger partial charge in [-0.15, -0.1) is 11.3 Å². The van der Waals surface area contributed by atoms with Crippen LogP contribution in [0.25, 0.3) is 49.1 Å². The van der Waals surface area contributed by atoms with Gasteiger partial charge in [-0.25, -0.2) is 0 Å². The summed E-state index contributed by atoms with van der Waals surface area (Å²) in [5, 5.41) is 13.6. The van der Waals surface area contributed by atoms with Crippen molar-refractivity contribution in [1.29, 1.82) is 5.41 Å². The van der Waals surface area contributed by atoms with Crippen molar-refractivity contribution < 1.29 is 0 Å². The number of hydrogen-bond acceptors (Lipinski definition) is 3. The summed E-state index contributed by atoms with van der Waals surface area (Å²) in [6.07, 6.45) is 18.6. The molecule has 0 saturated carbocycles. The number of allylic oxidation sites excluding steroid dienone is 11. The Morgan fingerprint density at radius 3 is 2.56 bits per heavy atom. The van der Waals surface area contributed by atoms with E-state index in [1.165, 1.54) is 37.7 Å². The highest BCUT2D eigenvalue weighted by Crippen LogP contribution is 2.47. The average molecular weight is 604 g/mol. The second-order valence-electron chi connectivity index (χ2n) is 11.0. The lowest BCUT2D eigenvalue weighted by Crippen LogP contribution is -2.05. The third kappa shape index (κ3) is 5.65. The van der Waals surface area contributed by atoms with Crippen LogP contribution in [0.1, 0.15) is 44.9 Å². The van der Waals surface area contributed by atoms with Crippen LogP contribution in [-0.2, 0) is 0 Å². The maximum atomic E-state index is 8.97. The minimum atomic E-state index is 0.408. The summed E-state index contributed by atoms with van der Waals surface area (Å²) in [4.78, 5) is 4.52. The molecule has 0 spiro atoms. The first-order valence-electron chi connectivity index (χ1n) is 15.4. The first-order valence-corrected chi connectivity index (χ1v) is 16.3. The summed E-state index contributed by atoms with van der Waals surface area (Å²) in [5.41, 5.74) is 10.9. The van der Waals surface area contributed by atoms with Crippen molar-refractivity contribution in [2.24, 2.45) is 4.99 Å². The standard InChI is InChI=1S/C41H37N3S/c1-5-15-29(16-6-2)34(42)27-35(43-4)33-21-13-14-22-36(33)44-37-24-23-31-25-26-45-41(31)39(37)38(30-18-10-8-11-19-30)40(44)32-20-12-7-9-17-28(32)3/h5,8-27,42H,4,6-7H2,1-3H3/b15-5-,29-16+,35-27-,42-34?. The van der Waals surface area contributed by atoms with Crippen LogP contribution in [0.3, 0.4) is 0 Å². The molecule has 4 heteroatoms. The molecule has 2 aromatic heterocycles. The van der Waals surface area contributed by atoms with Crippen LogP contribution in [-0.4, -0.2) is 17.0 Å². The number of aromatic nitrogens is 1. The van der Waals surface area contributed by atoms with Crippen molar-refractivity contribution in [3.05, 3.63) is 149 Å². The van der Waals surface area contributed by atoms with Crippen LogP contribution < -0.4 is 0 Å². The first-order chi connectivity index (χ1) is 22.1. The molecule has 0 atom stereocenters. The number of thiophene rings is 1. The number of nitrogens with one attached hydrogen (secondary N) is 1. The fourth-order valence-corrected chi connectivity index (χ4v) is 7.12. The Hall–Kier alpha value is -5.06. The number of hydrogen-bond donors (Lipinski definition) is 1. The predicted molar refractivity (Wildman–Crippen MR) is 198 cm³/mol. The molecule has 0 bridgehead atoms. The van der Waals surface area contributed by atoms with E-state index in [-0.39, 0.29) is 0 Å². The highest BCUT2D eigenvalue weighted by molar-refractivity contribution is 7.18. The highest BCUT2D eigenvalue weighted by Gasteiger charge is 2.26. The van der Waals surface area contributed by atoms with Crippen LogP contribution in [0.4, 0.5) is 0 Å². The number of aliphatic imine (C=N–C) groups is 1. The number of para-hydroxylation sites is 1. The SMILES string of the molecule is C=N/C(=C\C(=N)C(/C=C\C)=C/CC)c1ccccc1-n1c(C2=C(C)C=CCC=C2)c(-c2ccccc2)c2c3sccc3ccc21. The van der Waals surface area contributed by atoms with Crippen LogP contribution in [0, 0.1) is 5.41 Å². The lowest BCUT2D eigenvalue weighted by atomic mass is 9.95. The Kier molecular flexibility index (Phi) is 8.86. The van der Waals surface area contributed by atoms with Crippen molar-refractivity contribution in [2.45, 2.75) is 33.6 Å². The van der Waals surface area contributed by atoms with Crippen LogP contribution in [0.15, 0.2) is 143 Å². The molecule has 0 unspecified atom stereocenters. The Labute approximate surface area is 269 Å². The average Bonchev–Trinajstić information content (AvgIpc) is 3.61. The largest absolute Gasteiger partial charge is 0.308 e. The van der Waals surface area contributed by atoms with Gasteiger partial charge in [-0.3, -0.25) is 4.99 Å². The van der Waals surface area contributed by atoms with E-state index in [2.05, 4.69) is 133 Å². The minimum absolute atomic E-state index is 0.408. The van der Waals surface area contributed by atoms with Gasteiger partial charge in [-0.1, -0.05) is 104 Å². The Bertz CT molecular complexity index is 2110. The maximum Gasteiger partial charge on any atom is 0.0737 e. The molecule has 1 aliphatic carbocycles. The molecule has 3 nitrogen and oxygen atoms in total. The smallest absolute Gasteiger partial charge is 0.0737 e. The zero-order valence-corrected chi connectivity index (χ0v) is 26.9. The van der Waals surface area contributed by atoms with Gasteiger partial charge in [0.1, 0.15) is 0 Å². The van der Waals surface area contributed by atoms with Crippen molar-refractivity contribution in [3.63, 3.8) is 0 Å². The molecule has 1 aliphatic rings. The van der Waals surface area contributed by atoms with Crippen LogP contribution >= 0.6 is 11.3 Å². The summed E-state index contributed by atoms with van der Waals surface area (Å²) in [6, 6.07) is 25.8. The summed E-state index contributed by atoms with van der Waals surface area (Å²) < 4.78 is 3.68. The second-order valence-corrected chi connectivity index (χ2v) is 12.0. The Balaban J connectivity index is 1.75. The minimum Gasteiger partial charge on any atom is -0.308 e. The van der Waals surface area contributed by atoms with Gasteiger partial charge < -0.3 is 9.98 Å². The summed E-state index contributed by atoms with van der Waals surface area (Å²) >= 11 is 1.79. The van der Waals surface area contributed by atoms with Gasteiger partial charge in [-0.05, 0) is 85.2 Å². The topological polar surface area (TPSA) is 41.1 Å². The fraction of sp³-hybridized carbons (Fsp3) is 0.122. The normalized spacial score (nSPS) is 14.2. The van der Waals surface area contributed by atoms with Gasteiger partial charge in [0.25, 0.3) is 0 Å². The Morgan fingerprint density at radius 2 is 1.78 bits per heavy atom. The lowest BCUT2D eigenvalue weighted by Gasteiger charge is -2.19. The van der Waals surface area contributed by atoms with E-state index in [1.54, 1.807) is 11.3 Å². The quantitative estimate of drug-likeness (QED) is 0.129.